The van der Waals surface area contributed by atoms with E-state index in [1.165, 1.54) is 11.0 Å². The number of benzene rings is 3. The summed E-state index contributed by atoms with van der Waals surface area (Å²) in [5.74, 6) is -1.96. The van der Waals surface area contributed by atoms with Crippen LogP contribution in [0.2, 0.25) is 0 Å². The SMILES string of the molecule is NCN1C(=O)C(C(=O)OCc2ccccc2)N=C(c2ccccc2F)c2ccccc21. The number of para-hydroxylation sites is 1. The maximum atomic E-state index is 14.7. The molecular formula is C24H20FN3O3. The lowest BCUT2D eigenvalue weighted by molar-refractivity contribution is -0.149. The lowest BCUT2D eigenvalue weighted by Gasteiger charge is -2.22. The topological polar surface area (TPSA) is 85.0 Å². The highest BCUT2D eigenvalue weighted by Crippen LogP contribution is 2.29. The second-order valence-corrected chi connectivity index (χ2v) is 6.92. The highest BCUT2D eigenvalue weighted by molar-refractivity contribution is 6.23. The van der Waals surface area contributed by atoms with Crippen molar-refractivity contribution in [2.45, 2.75) is 12.6 Å². The third-order valence-corrected chi connectivity index (χ3v) is 4.97. The van der Waals surface area contributed by atoms with E-state index in [0.29, 0.717) is 11.3 Å². The van der Waals surface area contributed by atoms with Crippen LogP contribution in [0.5, 0.6) is 0 Å². The van der Waals surface area contributed by atoms with Crippen molar-refractivity contribution in [3.05, 3.63) is 101 Å². The van der Waals surface area contributed by atoms with Gasteiger partial charge in [-0.15, -0.1) is 0 Å². The summed E-state index contributed by atoms with van der Waals surface area (Å²) >= 11 is 0. The van der Waals surface area contributed by atoms with Gasteiger partial charge in [0.1, 0.15) is 12.4 Å². The van der Waals surface area contributed by atoms with Gasteiger partial charge >= 0.3 is 5.97 Å². The molecule has 0 bridgehead atoms. The van der Waals surface area contributed by atoms with Crippen molar-refractivity contribution in [1.82, 2.24) is 0 Å². The summed E-state index contributed by atoms with van der Waals surface area (Å²) in [5.41, 5.74) is 7.96. The van der Waals surface area contributed by atoms with Crippen molar-refractivity contribution in [3.63, 3.8) is 0 Å². The van der Waals surface area contributed by atoms with Crippen LogP contribution in [0.3, 0.4) is 0 Å². The molecule has 7 heteroatoms. The van der Waals surface area contributed by atoms with Crippen LogP contribution >= 0.6 is 0 Å². The number of carbonyl (C=O) groups excluding carboxylic acids is 2. The largest absolute Gasteiger partial charge is 0.459 e. The van der Waals surface area contributed by atoms with E-state index >= 15 is 0 Å². The van der Waals surface area contributed by atoms with Crippen LogP contribution in [-0.2, 0) is 20.9 Å². The van der Waals surface area contributed by atoms with Crippen molar-refractivity contribution in [3.8, 4) is 0 Å². The number of nitrogens with two attached hydrogens (primary N) is 1. The van der Waals surface area contributed by atoms with E-state index in [9.17, 15) is 14.0 Å². The zero-order chi connectivity index (χ0) is 21.8. The number of benzodiazepines with no additional fused rings is 1. The number of amides is 1. The number of anilines is 1. The van der Waals surface area contributed by atoms with Gasteiger partial charge in [0.25, 0.3) is 5.91 Å². The molecule has 3 aromatic rings. The molecule has 1 aliphatic heterocycles. The van der Waals surface area contributed by atoms with E-state index in [1.807, 2.05) is 18.2 Å². The van der Waals surface area contributed by atoms with E-state index in [4.69, 9.17) is 10.5 Å². The second-order valence-electron chi connectivity index (χ2n) is 6.92. The van der Waals surface area contributed by atoms with Gasteiger partial charge in [-0.2, -0.15) is 0 Å². The molecule has 0 saturated carbocycles. The summed E-state index contributed by atoms with van der Waals surface area (Å²) < 4.78 is 20.0. The number of nitrogens with zero attached hydrogens (tertiary/aromatic N) is 2. The van der Waals surface area contributed by atoms with Crippen LogP contribution in [0.4, 0.5) is 10.1 Å². The predicted molar refractivity (Wildman–Crippen MR) is 115 cm³/mol. The van der Waals surface area contributed by atoms with Crippen LogP contribution in [0.15, 0.2) is 83.9 Å². The Morgan fingerprint density at radius 2 is 1.61 bits per heavy atom. The van der Waals surface area contributed by atoms with Crippen LogP contribution in [0, 0.1) is 5.82 Å². The molecule has 2 N–H and O–H groups in total. The Balaban J connectivity index is 1.77. The second kappa shape index (κ2) is 8.89. The first kappa shape index (κ1) is 20.4. The fraction of sp³-hybridized carbons (Fsp3) is 0.125. The molecular weight excluding hydrogens is 397 g/mol. The number of carbonyl (C=O) groups is 2. The minimum Gasteiger partial charge on any atom is -0.459 e. The van der Waals surface area contributed by atoms with Crippen molar-refractivity contribution in [2.75, 3.05) is 11.6 Å². The lowest BCUT2D eigenvalue weighted by atomic mass is 10.00. The first-order valence-corrected chi connectivity index (χ1v) is 9.74. The Labute approximate surface area is 178 Å². The fourth-order valence-corrected chi connectivity index (χ4v) is 3.45. The zero-order valence-corrected chi connectivity index (χ0v) is 16.6. The van der Waals surface area contributed by atoms with E-state index in [-0.39, 0.29) is 24.6 Å². The maximum absolute atomic E-state index is 14.7. The minimum atomic E-state index is -1.51. The molecule has 0 aliphatic carbocycles. The number of ether oxygens (including phenoxy) is 1. The number of aliphatic imine (C=N–C) groups is 1. The Morgan fingerprint density at radius 3 is 2.32 bits per heavy atom. The van der Waals surface area contributed by atoms with Gasteiger partial charge in [-0.1, -0.05) is 60.7 Å². The molecule has 4 rings (SSSR count). The number of rotatable bonds is 5. The maximum Gasteiger partial charge on any atom is 0.341 e. The van der Waals surface area contributed by atoms with Gasteiger partial charge in [0.2, 0.25) is 6.04 Å². The molecule has 6 nitrogen and oxygen atoms in total. The molecule has 31 heavy (non-hydrogen) atoms. The average molecular weight is 417 g/mol. The van der Waals surface area contributed by atoms with Gasteiger partial charge in [0, 0.05) is 11.1 Å². The van der Waals surface area contributed by atoms with Gasteiger partial charge in [-0.05, 0) is 23.8 Å². The summed E-state index contributed by atoms with van der Waals surface area (Å²) in [5, 5.41) is 0. The molecule has 0 spiro atoms. The van der Waals surface area contributed by atoms with E-state index in [0.717, 1.165) is 5.56 Å². The van der Waals surface area contributed by atoms with Crippen molar-refractivity contribution < 1.29 is 18.7 Å². The molecule has 1 atom stereocenters. The predicted octanol–water partition coefficient (Wildman–Crippen LogP) is 3.04. The van der Waals surface area contributed by atoms with Gasteiger partial charge < -0.3 is 10.5 Å². The number of fused-ring (bicyclic) bond motifs is 1. The van der Waals surface area contributed by atoms with Gasteiger partial charge in [0.05, 0.1) is 18.1 Å². The summed E-state index contributed by atoms with van der Waals surface area (Å²) in [4.78, 5) is 31.8. The van der Waals surface area contributed by atoms with E-state index in [2.05, 4.69) is 4.99 Å². The number of hydrogen-bond acceptors (Lipinski definition) is 5. The van der Waals surface area contributed by atoms with Gasteiger partial charge in [0.15, 0.2) is 0 Å². The molecule has 0 aromatic heterocycles. The van der Waals surface area contributed by atoms with E-state index < -0.39 is 23.7 Å². The summed E-state index contributed by atoms with van der Waals surface area (Å²) in [7, 11) is 0. The Bertz CT molecular complexity index is 1150. The van der Waals surface area contributed by atoms with Crippen LogP contribution in [0.25, 0.3) is 0 Å². The van der Waals surface area contributed by atoms with Crippen LogP contribution in [-0.4, -0.2) is 30.3 Å². The quantitative estimate of drug-likeness (QED) is 0.511. The zero-order valence-electron chi connectivity index (χ0n) is 16.6. The first-order chi connectivity index (χ1) is 15.1. The third kappa shape index (κ3) is 4.08. The molecule has 1 unspecified atom stereocenters. The van der Waals surface area contributed by atoms with Crippen molar-refractivity contribution in [2.24, 2.45) is 10.7 Å². The van der Waals surface area contributed by atoms with Crippen LogP contribution < -0.4 is 10.6 Å². The smallest absolute Gasteiger partial charge is 0.341 e. The normalized spacial score (nSPS) is 15.7. The van der Waals surface area contributed by atoms with Gasteiger partial charge in [-0.25, -0.2) is 9.18 Å². The number of esters is 1. The Morgan fingerprint density at radius 1 is 0.968 bits per heavy atom. The average Bonchev–Trinajstić information content (AvgIpc) is 2.92. The standard InChI is InChI=1S/C24H20FN3O3/c25-19-12-6-4-10-17(19)21-18-11-5-7-13-20(18)28(15-26)23(29)22(27-21)24(30)31-14-16-8-2-1-3-9-16/h1-13,22H,14-15,26H2. The van der Waals surface area contributed by atoms with Crippen molar-refractivity contribution >= 4 is 23.3 Å². The minimum absolute atomic E-state index is 0.0103. The van der Waals surface area contributed by atoms with Crippen molar-refractivity contribution in [1.29, 1.82) is 0 Å². The molecule has 1 heterocycles. The monoisotopic (exact) mass is 417 g/mol. The van der Waals surface area contributed by atoms with Gasteiger partial charge in [-0.3, -0.25) is 14.7 Å². The number of hydrogen-bond donors (Lipinski definition) is 1. The van der Waals surface area contributed by atoms with E-state index in [1.54, 1.807) is 54.6 Å². The molecule has 1 aliphatic rings. The molecule has 0 fully saturated rings. The highest BCUT2D eigenvalue weighted by atomic mass is 19.1. The molecule has 1 amide bonds. The third-order valence-electron chi connectivity index (χ3n) is 4.97. The first-order valence-electron chi connectivity index (χ1n) is 9.74. The lowest BCUT2D eigenvalue weighted by Crippen LogP contribution is -2.45. The summed E-state index contributed by atoms with van der Waals surface area (Å²) in [6.45, 7) is -0.179. The highest BCUT2D eigenvalue weighted by Gasteiger charge is 2.37. The van der Waals surface area contributed by atoms with Crippen LogP contribution in [0.1, 0.15) is 16.7 Å². The summed E-state index contributed by atoms with van der Waals surface area (Å²) in [6.07, 6.45) is 0. The number of halogens is 1. The molecule has 3 aromatic carbocycles. The Hall–Kier alpha value is -3.84. The Kier molecular flexibility index (Phi) is 5.86. The molecule has 156 valence electrons. The molecule has 0 saturated heterocycles. The molecule has 0 radical (unpaired) electrons. The fourth-order valence-electron chi connectivity index (χ4n) is 3.45. The summed E-state index contributed by atoms with van der Waals surface area (Å²) in [6, 6.07) is 20.6.